The average Bonchev–Trinajstić information content (AvgIpc) is 2.76. The van der Waals surface area contributed by atoms with Crippen LogP contribution < -0.4 is 10.6 Å². The summed E-state index contributed by atoms with van der Waals surface area (Å²) in [6, 6.07) is 5.51. The van der Waals surface area contributed by atoms with Gasteiger partial charge in [0.05, 0.1) is 18.2 Å². The number of benzene rings is 1. The molecule has 1 heterocycles. The summed E-state index contributed by atoms with van der Waals surface area (Å²) in [6.07, 6.45) is -0.0241. The van der Waals surface area contributed by atoms with Gasteiger partial charge in [-0.1, -0.05) is 12.1 Å². The van der Waals surface area contributed by atoms with Crippen LogP contribution in [-0.4, -0.2) is 29.7 Å². The molecule has 1 aromatic carbocycles. The Morgan fingerprint density at radius 2 is 2.17 bits per heavy atom. The van der Waals surface area contributed by atoms with E-state index in [4.69, 9.17) is 0 Å². The number of aliphatic hydroxyl groups is 1. The van der Waals surface area contributed by atoms with Crippen LogP contribution in [0.3, 0.4) is 0 Å². The van der Waals surface area contributed by atoms with E-state index < -0.39 is 6.10 Å². The number of halogens is 1. The molecule has 1 saturated heterocycles. The molecule has 1 aromatic rings. The fourth-order valence-corrected chi connectivity index (χ4v) is 2.07. The molecule has 2 unspecified atom stereocenters. The lowest BCUT2D eigenvalue weighted by molar-refractivity contribution is -0.123. The first kappa shape index (κ1) is 13.0. The van der Waals surface area contributed by atoms with E-state index in [0.717, 1.165) is 5.56 Å². The first-order chi connectivity index (χ1) is 8.56. The molecule has 1 fully saturated rings. The van der Waals surface area contributed by atoms with E-state index in [9.17, 15) is 14.3 Å². The molecular weight excluding hydrogens is 235 g/mol. The second kappa shape index (κ2) is 5.46. The molecule has 0 saturated carbocycles. The molecule has 5 heteroatoms. The molecule has 1 aliphatic rings. The van der Waals surface area contributed by atoms with Crippen molar-refractivity contribution in [2.24, 2.45) is 0 Å². The molecule has 18 heavy (non-hydrogen) atoms. The Balaban J connectivity index is 1.92. The molecule has 0 bridgehead atoms. The van der Waals surface area contributed by atoms with Crippen molar-refractivity contribution in [1.82, 2.24) is 10.6 Å². The van der Waals surface area contributed by atoms with E-state index in [1.54, 1.807) is 12.1 Å². The summed E-state index contributed by atoms with van der Waals surface area (Å²) >= 11 is 0. The highest BCUT2D eigenvalue weighted by atomic mass is 19.1. The third-order valence-corrected chi connectivity index (χ3v) is 3.15. The normalized spacial score (nSPS) is 24.8. The summed E-state index contributed by atoms with van der Waals surface area (Å²) in [5.74, 6) is -0.429. The van der Waals surface area contributed by atoms with Gasteiger partial charge in [-0.25, -0.2) is 4.39 Å². The van der Waals surface area contributed by atoms with Crippen LogP contribution in [0.15, 0.2) is 24.3 Å². The van der Waals surface area contributed by atoms with Gasteiger partial charge in [-0.2, -0.15) is 0 Å². The molecule has 4 nitrogen and oxygen atoms in total. The minimum absolute atomic E-state index is 0.136. The third kappa shape index (κ3) is 3.05. The number of β-amino-alcohol motifs (C(OH)–C–C–N with tert-alkyl or cyclic N) is 1. The standard InChI is InChI=1S/C13H17FN2O2/c1-8(9-2-4-10(14)5-3-9)16-13(18)12-6-11(17)7-15-12/h2-5,8,11-12,15,17H,6-7H2,1H3,(H,16,18)/t8-,11?,12?/m0/s1. The summed E-state index contributed by atoms with van der Waals surface area (Å²) in [5, 5.41) is 15.1. The lowest BCUT2D eigenvalue weighted by Gasteiger charge is -2.17. The zero-order valence-electron chi connectivity index (χ0n) is 10.2. The van der Waals surface area contributed by atoms with Crippen LogP contribution in [0.4, 0.5) is 4.39 Å². The first-order valence-electron chi connectivity index (χ1n) is 6.03. The lowest BCUT2D eigenvalue weighted by atomic mass is 10.1. The molecule has 98 valence electrons. The highest BCUT2D eigenvalue weighted by molar-refractivity contribution is 5.82. The van der Waals surface area contributed by atoms with E-state index in [1.807, 2.05) is 6.92 Å². The number of carbonyl (C=O) groups is 1. The van der Waals surface area contributed by atoms with Crippen molar-refractivity contribution in [1.29, 1.82) is 0 Å². The second-order valence-corrected chi connectivity index (χ2v) is 4.63. The predicted molar refractivity (Wildman–Crippen MR) is 65.4 cm³/mol. The second-order valence-electron chi connectivity index (χ2n) is 4.63. The van der Waals surface area contributed by atoms with E-state index in [2.05, 4.69) is 10.6 Å². The fourth-order valence-electron chi connectivity index (χ4n) is 2.07. The van der Waals surface area contributed by atoms with Gasteiger partial charge in [-0.3, -0.25) is 4.79 Å². The molecule has 3 atom stereocenters. The molecule has 3 N–H and O–H groups in total. The maximum absolute atomic E-state index is 12.8. The zero-order chi connectivity index (χ0) is 13.1. The van der Waals surface area contributed by atoms with E-state index in [0.29, 0.717) is 13.0 Å². The molecule has 0 spiro atoms. The van der Waals surface area contributed by atoms with Gasteiger partial charge in [0, 0.05) is 6.54 Å². The van der Waals surface area contributed by atoms with Gasteiger partial charge in [0.2, 0.25) is 5.91 Å². The molecule has 0 aromatic heterocycles. The zero-order valence-corrected chi connectivity index (χ0v) is 10.2. The topological polar surface area (TPSA) is 61.4 Å². The quantitative estimate of drug-likeness (QED) is 0.743. The number of rotatable bonds is 3. The predicted octanol–water partition coefficient (Wildman–Crippen LogP) is 0.726. The van der Waals surface area contributed by atoms with Gasteiger partial charge in [-0.05, 0) is 31.0 Å². The van der Waals surface area contributed by atoms with Crippen molar-refractivity contribution < 1.29 is 14.3 Å². The maximum atomic E-state index is 12.8. The smallest absolute Gasteiger partial charge is 0.237 e. The lowest BCUT2D eigenvalue weighted by Crippen LogP contribution is -2.41. The van der Waals surface area contributed by atoms with Crippen LogP contribution in [0.25, 0.3) is 0 Å². The Labute approximate surface area is 105 Å². The Morgan fingerprint density at radius 1 is 1.50 bits per heavy atom. The fraction of sp³-hybridized carbons (Fsp3) is 0.462. The van der Waals surface area contributed by atoms with E-state index in [1.165, 1.54) is 12.1 Å². The van der Waals surface area contributed by atoms with Gasteiger partial charge in [-0.15, -0.1) is 0 Å². The van der Waals surface area contributed by atoms with Crippen LogP contribution in [0.5, 0.6) is 0 Å². The highest BCUT2D eigenvalue weighted by Crippen LogP contribution is 2.14. The van der Waals surface area contributed by atoms with Crippen LogP contribution in [-0.2, 0) is 4.79 Å². The van der Waals surface area contributed by atoms with Gasteiger partial charge in [0.1, 0.15) is 5.82 Å². The van der Waals surface area contributed by atoms with Gasteiger partial charge >= 0.3 is 0 Å². The molecule has 0 aliphatic carbocycles. The molecule has 1 aliphatic heterocycles. The van der Waals surface area contributed by atoms with Crippen LogP contribution >= 0.6 is 0 Å². The molecule has 1 amide bonds. The van der Waals surface area contributed by atoms with Crippen molar-refractivity contribution in [2.45, 2.75) is 31.5 Å². The van der Waals surface area contributed by atoms with Crippen molar-refractivity contribution in [3.8, 4) is 0 Å². The van der Waals surface area contributed by atoms with Gasteiger partial charge in [0.15, 0.2) is 0 Å². The largest absolute Gasteiger partial charge is 0.392 e. The van der Waals surface area contributed by atoms with E-state index in [-0.39, 0.29) is 23.8 Å². The Bertz CT molecular complexity index is 422. The number of hydrogen-bond donors (Lipinski definition) is 3. The Kier molecular flexibility index (Phi) is 3.93. The summed E-state index contributed by atoms with van der Waals surface area (Å²) in [4.78, 5) is 11.9. The average molecular weight is 252 g/mol. The summed E-state index contributed by atoms with van der Waals surface area (Å²) < 4.78 is 12.8. The summed E-state index contributed by atoms with van der Waals surface area (Å²) in [7, 11) is 0. The Morgan fingerprint density at radius 3 is 2.72 bits per heavy atom. The van der Waals surface area contributed by atoms with Crippen molar-refractivity contribution in [3.63, 3.8) is 0 Å². The summed E-state index contributed by atoms with van der Waals surface area (Å²) in [6.45, 7) is 2.29. The Hall–Kier alpha value is -1.46. The van der Waals surface area contributed by atoms with Crippen LogP contribution in [0.1, 0.15) is 24.9 Å². The first-order valence-corrected chi connectivity index (χ1v) is 6.03. The number of hydrogen-bond acceptors (Lipinski definition) is 3. The SMILES string of the molecule is C[C@H](NC(=O)C1CC(O)CN1)c1ccc(F)cc1. The van der Waals surface area contributed by atoms with Crippen molar-refractivity contribution in [3.05, 3.63) is 35.6 Å². The number of nitrogens with one attached hydrogen (secondary N) is 2. The molecular formula is C13H17FN2O2. The van der Waals surface area contributed by atoms with Crippen LogP contribution in [0, 0.1) is 5.82 Å². The van der Waals surface area contributed by atoms with Gasteiger partial charge < -0.3 is 15.7 Å². The van der Waals surface area contributed by atoms with Crippen molar-refractivity contribution >= 4 is 5.91 Å². The number of aliphatic hydroxyl groups excluding tert-OH is 1. The number of amides is 1. The molecule has 0 radical (unpaired) electrons. The highest BCUT2D eigenvalue weighted by Gasteiger charge is 2.28. The monoisotopic (exact) mass is 252 g/mol. The van der Waals surface area contributed by atoms with E-state index >= 15 is 0 Å². The summed E-state index contributed by atoms with van der Waals surface area (Å²) in [5.41, 5.74) is 0.850. The minimum Gasteiger partial charge on any atom is -0.392 e. The minimum atomic E-state index is -0.457. The third-order valence-electron chi connectivity index (χ3n) is 3.15. The van der Waals surface area contributed by atoms with Crippen LogP contribution in [0.2, 0.25) is 0 Å². The van der Waals surface area contributed by atoms with Crippen molar-refractivity contribution in [2.75, 3.05) is 6.54 Å². The maximum Gasteiger partial charge on any atom is 0.237 e. The molecule has 2 rings (SSSR count). The van der Waals surface area contributed by atoms with Gasteiger partial charge in [0.25, 0.3) is 0 Å². The number of carbonyl (C=O) groups excluding carboxylic acids is 1.